The van der Waals surface area contributed by atoms with Gasteiger partial charge in [0.2, 0.25) is 5.95 Å². The van der Waals surface area contributed by atoms with E-state index >= 15 is 0 Å². The van der Waals surface area contributed by atoms with Gasteiger partial charge in [-0.05, 0) is 142 Å². The molecule has 0 radical (unpaired) electrons. The highest BCUT2D eigenvalue weighted by Crippen LogP contribution is 2.46. The molecule has 0 saturated carbocycles. The second-order valence-electron chi connectivity index (χ2n) is 30.3. The Kier molecular flexibility index (Phi) is 28.1. The number of hydrogen-bond acceptors (Lipinski definition) is 28. The van der Waals surface area contributed by atoms with Crippen LogP contribution in [-0.4, -0.2) is 292 Å². The molecule has 582 valence electrons. The third-order valence-corrected chi connectivity index (χ3v) is 26.5. The van der Waals surface area contributed by atoms with Gasteiger partial charge in [-0.3, -0.25) is 18.3 Å². The number of fused-ring (bicyclic) bond motifs is 4. The Morgan fingerprint density at radius 2 is 0.762 bits per heavy atom. The molecule has 30 nitrogen and oxygen atoms in total. The van der Waals surface area contributed by atoms with E-state index in [1.54, 1.807) is 80.9 Å². The highest BCUT2D eigenvalue weighted by molar-refractivity contribution is 7.99. The number of pyridine rings is 3. The Labute approximate surface area is 623 Å². The summed E-state index contributed by atoms with van der Waals surface area (Å²) in [5.74, 6) is 2.73. The Hall–Kier alpha value is -5.17. The lowest BCUT2D eigenvalue weighted by Gasteiger charge is -2.20. The molecule has 12 rings (SSSR count). The monoisotopic (exact) mass is 1570 g/mol. The highest BCUT2D eigenvalue weighted by Gasteiger charge is 2.49. The molecule has 4 aliphatic heterocycles. The first kappa shape index (κ1) is 83.9. The Morgan fingerprint density at radius 3 is 1.14 bits per heavy atom. The van der Waals surface area contributed by atoms with Crippen LogP contribution < -0.4 is 28.7 Å². The molecule has 8 aromatic rings. The predicted molar refractivity (Wildman–Crippen MR) is 436 cm³/mol. The summed E-state index contributed by atoms with van der Waals surface area (Å²) in [6, 6.07) is 5.06. The average Bonchev–Trinajstić information content (AvgIpc) is 1.63. The molecule has 4 fully saturated rings. The van der Waals surface area contributed by atoms with Crippen molar-refractivity contribution in [1.29, 1.82) is 0 Å². The Bertz CT molecular complexity index is 4470. The first-order valence-corrected chi connectivity index (χ1v) is 49.6. The summed E-state index contributed by atoms with van der Waals surface area (Å²) in [6.45, 7) is 18.2. The van der Waals surface area contributed by atoms with Gasteiger partial charge in [0, 0.05) is 30.1 Å². The first-order chi connectivity index (χ1) is 49.3. The van der Waals surface area contributed by atoms with Crippen molar-refractivity contribution in [3.63, 3.8) is 0 Å². The summed E-state index contributed by atoms with van der Waals surface area (Å²) in [4.78, 5) is 39.3. The summed E-state index contributed by atoms with van der Waals surface area (Å²) in [5, 5.41) is 85.7. The van der Waals surface area contributed by atoms with Crippen LogP contribution >= 0.6 is 51.1 Å². The molecule has 36 heteroatoms. The minimum Gasteiger partial charge on any atom is -0.397 e. The summed E-state index contributed by atoms with van der Waals surface area (Å²) in [7, 11) is 0. The van der Waals surface area contributed by atoms with Crippen molar-refractivity contribution < 1.29 is 59.8 Å². The maximum absolute atomic E-state index is 10.8. The number of aliphatic hydroxyl groups is 8. The quantitative estimate of drug-likeness (QED) is 0.0167. The zero-order chi connectivity index (χ0) is 76.9. The van der Waals surface area contributed by atoms with Crippen molar-refractivity contribution in [3.05, 3.63) is 48.9 Å². The molecular formula is C69H112N18O12P4S2. The molecule has 105 heavy (non-hydrogen) atoms. The van der Waals surface area contributed by atoms with Crippen molar-refractivity contribution >= 4 is 150 Å². The maximum Gasteiger partial charge on any atom is 0.204 e. The van der Waals surface area contributed by atoms with Crippen LogP contribution in [-0.2, 0) is 18.9 Å². The number of aryl methyl sites for hydroxylation is 1. The summed E-state index contributed by atoms with van der Waals surface area (Å²) < 4.78 is 30.8. The summed E-state index contributed by atoms with van der Waals surface area (Å²) >= 11 is 3.20. The average molecular weight is 1570 g/mol. The lowest BCUT2D eigenvalue weighted by Crippen LogP contribution is -2.32. The van der Waals surface area contributed by atoms with Gasteiger partial charge in [0.05, 0.1) is 47.8 Å². The van der Waals surface area contributed by atoms with Crippen molar-refractivity contribution in [3.8, 4) is 0 Å². The van der Waals surface area contributed by atoms with Crippen molar-refractivity contribution in [1.82, 2.24) is 63.1 Å². The van der Waals surface area contributed by atoms with Gasteiger partial charge in [-0.2, -0.15) is 0 Å². The predicted octanol–water partition coefficient (Wildman–Crippen LogP) is 6.39. The minimum absolute atomic E-state index is 0.136. The van der Waals surface area contributed by atoms with Crippen LogP contribution in [0.15, 0.2) is 53.4 Å². The molecule has 16 atom stereocenters. The van der Waals surface area contributed by atoms with E-state index in [0.717, 1.165) is 68.3 Å². The molecule has 0 bridgehead atoms. The van der Waals surface area contributed by atoms with Crippen LogP contribution in [0.2, 0.25) is 0 Å². The molecule has 4 aliphatic rings. The fraction of sp³-hybridized carbons (Fsp3) is 0.609. The number of unbranched alkanes of at least 4 members (excludes halogenated alkanes) is 3. The Balaban J connectivity index is 0.000000163. The van der Waals surface area contributed by atoms with Crippen LogP contribution in [0.25, 0.3) is 44.7 Å². The molecule has 4 saturated heterocycles. The second-order valence-corrected chi connectivity index (χ2v) is 49.7. The molecular weight excluding hydrogens is 1460 g/mol. The van der Waals surface area contributed by atoms with Gasteiger partial charge in [-0.15, -0.1) is 52.7 Å². The third-order valence-electron chi connectivity index (χ3n) is 18.5. The number of rotatable bonds is 25. The molecule has 0 spiro atoms. The summed E-state index contributed by atoms with van der Waals surface area (Å²) in [6.07, 6.45) is 21.7. The molecule has 8 aromatic heterocycles. The van der Waals surface area contributed by atoms with Crippen molar-refractivity contribution in [2.45, 2.75) is 187 Å². The third kappa shape index (κ3) is 20.5. The zero-order valence-electron chi connectivity index (χ0n) is 62.2. The molecule has 0 amide bonds. The molecule has 18 N–H and O–H groups in total. The maximum atomic E-state index is 10.8. The van der Waals surface area contributed by atoms with Gasteiger partial charge < -0.3 is 88.5 Å². The molecule has 0 aliphatic carbocycles. The number of anilines is 5. The van der Waals surface area contributed by atoms with E-state index in [9.17, 15) is 40.9 Å². The number of thioether (sulfide) groups is 2. The van der Waals surface area contributed by atoms with Gasteiger partial charge in [-0.1, -0.05) is 56.6 Å². The number of hydrogen-bond donors (Lipinski definition) is 13. The number of aliphatic hydroxyl groups excluding tert-OH is 8. The van der Waals surface area contributed by atoms with Gasteiger partial charge in [0.25, 0.3) is 0 Å². The van der Waals surface area contributed by atoms with Crippen LogP contribution in [0.5, 0.6) is 0 Å². The number of nitrogens with two attached hydrogens (primary N) is 5. The number of imidazole rings is 4. The highest BCUT2D eigenvalue weighted by atomic mass is 32.2. The lowest BCUT2D eigenvalue weighted by atomic mass is 10.1. The lowest BCUT2D eigenvalue weighted by molar-refractivity contribution is -0.0400. The van der Waals surface area contributed by atoms with Gasteiger partial charge in [0.1, 0.15) is 76.7 Å². The topological polar surface area (TPSA) is 465 Å². The van der Waals surface area contributed by atoms with Gasteiger partial charge in [-0.25, -0.2) is 44.9 Å². The molecule has 12 heterocycles. The molecule has 0 aromatic carbocycles. The smallest absolute Gasteiger partial charge is 0.204 e. The van der Waals surface area contributed by atoms with Gasteiger partial charge in [0.15, 0.2) is 63.6 Å². The van der Waals surface area contributed by atoms with Crippen LogP contribution in [0.4, 0.5) is 28.8 Å². The molecule has 0 unspecified atom stereocenters. The SMILES string of the molecule is C=P(C)(C)CC[C@H]1O[C@@H](n2c(N)nc3c(N)ccnc32)[C@H](O)[C@@H]1O.C=P(C)(C)CC[C@H]1O[C@@H](n2c(SCCCC)nc3c(N)ccnc32)[C@H](O)[C@@H]1O.C=P(C)(C)CC[C@H]1O[C@@H](n2c(SCCCCC)nc3c(N)ccnc32)[C@H](O)[C@@H]1O.C=P(C)(C)CC[C@H]1O[C@@H](n2cnc3c(N)nc(C)nc32)[C@H](O)[C@@H]1O. The van der Waals surface area contributed by atoms with Gasteiger partial charge >= 0.3 is 0 Å². The fourth-order valence-corrected chi connectivity index (χ4v) is 18.6. The minimum atomic E-state index is -1.25. The number of nitrogens with zero attached hydrogens (tertiary/aromatic N) is 13. The number of aromatic nitrogens is 13. The van der Waals surface area contributed by atoms with Crippen LogP contribution in [0.1, 0.15) is 102 Å². The van der Waals surface area contributed by atoms with E-state index in [0.29, 0.717) is 104 Å². The van der Waals surface area contributed by atoms with E-state index in [-0.39, 0.29) is 11.8 Å². The summed E-state index contributed by atoms with van der Waals surface area (Å²) in [5.41, 5.74) is 35.6. The first-order valence-electron chi connectivity index (χ1n) is 35.4. The van der Waals surface area contributed by atoms with Crippen LogP contribution in [0.3, 0.4) is 0 Å². The standard InChI is InChI=1S/C20H33N4O3PS.C19H31N4O3PS.2C15H24N5O3P/c1-5-6-7-12-29-20-23-15-13(21)8-10-22-18(15)24(20)19-17(26)16(25)14(27-19)9-11-28(2,3)4;1-5-6-11-28-19-22-14-12(20)7-9-21-17(14)23(19)18-16(25)15(24)13(26-18)8-10-27(2,3)4;1-8-18-13(16)10-14(19-8)20(7-17-10)15-12(22)11(21)9(23-15)5-6-24(2,3)4;1-24(2,3)7-5-9-11(21)12(22)14(23-9)20-13-10(19-15(20)17)8(16)4-6-18-13/h8,10,14,16-17,19,25-26H,2,5-7,9,11-12H2,1,3-4H3,(H2,21,22);7,9,13,15-16,18,24-25H,2,5-6,8,10-11H2,1,3-4H3,(H2,20,21);7,9,11-12,15,21-22H,2,5-6H2,1,3-4H3,(H2,16,18,19);4,6,9,11-12,14,21-22H,1,5,7H2,2-3H3,(H2,16,18)(H2,17,19)/t14-,16-,17-,19-;13-,15-,16-,18-;9-,11-,12-,15-;9-,11-,12-,14-/m1111/s1. The van der Waals surface area contributed by atoms with E-state index in [1.165, 1.54) is 10.9 Å². The van der Waals surface area contributed by atoms with E-state index in [2.05, 4.69) is 137 Å². The van der Waals surface area contributed by atoms with Crippen LogP contribution in [0, 0.1) is 6.92 Å². The van der Waals surface area contributed by atoms with E-state index < -0.39 is 126 Å². The normalized spacial score (nSPS) is 26.5. The zero-order valence-corrected chi connectivity index (χ0v) is 67.4. The number of nitrogen functional groups attached to an aromatic ring is 5. The van der Waals surface area contributed by atoms with Crippen molar-refractivity contribution in [2.75, 3.05) is 118 Å². The largest absolute Gasteiger partial charge is 0.397 e. The van der Waals surface area contributed by atoms with E-state index in [1.807, 2.05) is 0 Å². The second kappa shape index (κ2) is 35.2. The fourth-order valence-electron chi connectivity index (χ4n) is 12.6. The Morgan fingerprint density at radius 1 is 0.419 bits per heavy atom. The van der Waals surface area contributed by atoms with Crippen molar-refractivity contribution in [2.24, 2.45) is 0 Å². The number of ether oxygens (including phenoxy) is 4. The van der Waals surface area contributed by atoms with E-state index in [4.69, 9.17) is 47.6 Å².